The van der Waals surface area contributed by atoms with Crippen molar-refractivity contribution in [3.63, 3.8) is 0 Å². The van der Waals surface area contributed by atoms with E-state index in [4.69, 9.17) is 5.73 Å². The smallest absolute Gasteiger partial charge is 0.248 e. The van der Waals surface area contributed by atoms with Gasteiger partial charge in [0, 0.05) is 31.6 Å². The maximum atomic E-state index is 12.0. The van der Waals surface area contributed by atoms with Crippen molar-refractivity contribution in [3.05, 3.63) is 35.4 Å². The molecule has 0 aliphatic carbocycles. The lowest BCUT2D eigenvalue weighted by Gasteiger charge is -2.17. The van der Waals surface area contributed by atoms with Gasteiger partial charge in [-0.05, 0) is 30.7 Å². The van der Waals surface area contributed by atoms with E-state index in [1.54, 1.807) is 24.1 Å². The molecule has 1 aromatic rings. The predicted molar refractivity (Wildman–Crippen MR) is 83.8 cm³/mol. The van der Waals surface area contributed by atoms with Gasteiger partial charge in [-0.2, -0.15) is 0 Å². The summed E-state index contributed by atoms with van der Waals surface area (Å²) in [5, 5.41) is 3.29. The van der Waals surface area contributed by atoms with Crippen LogP contribution in [0.25, 0.3) is 0 Å². The molecule has 0 saturated heterocycles. The molecule has 5 nitrogen and oxygen atoms in total. The lowest BCUT2D eigenvalue weighted by molar-refractivity contribution is -0.130. The van der Waals surface area contributed by atoms with Gasteiger partial charge in [0.1, 0.15) is 0 Å². The molecule has 0 radical (unpaired) electrons. The Kier molecular flexibility index (Phi) is 6.88. The normalized spacial score (nSPS) is 10.7. The van der Waals surface area contributed by atoms with Crippen LogP contribution in [0, 0.1) is 0 Å². The highest BCUT2D eigenvalue weighted by molar-refractivity contribution is 5.92. The van der Waals surface area contributed by atoms with Gasteiger partial charge in [0.25, 0.3) is 0 Å². The van der Waals surface area contributed by atoms with E-state index in [0.29, 0.717) is 24.6 Å². The highest BCUT2D eigenvalue weighted by Crippen LogP contribution is 2.07. The quantitative estimate of drug-likeness (QED) is 0.713. The van der Waals surface area contributed by atoms with Crippen LogP contribution in [0.15, 0.2) is 24.3 Å². The van der Waals surface area contributed by atoms with Crippen molar-refractivity contribution in [1.29, 1.82) is 0 Å². The average Bonchev–Trinajstić information content (AvgIpc) is 2.43. The lowest BCUT2D eigenvalue weighted by atomic mass is 10.1. The summed E-state index contributed by atoms with van der Waals surface area (Å²) < 4.78 is 0. The molecular weight excluding hydrogens is 266 g/mol. The minimum absolute atomic E-state index is 0.125. The summed E-state index contributed by atoms with van der Waals surface area (Å²) in [6.07, 6.45) is 1.37. The van der Waals surface area contributed by atoms with Gasteiger partial charge in [-0.25, -0.2) is 0 Å². The Morgan fingerprint density at radius 3 is 2.38 bits per heavy atom. The highest BCUT2D eigenvalue weighted by atomic mass is 16.2. The van der Waals surface area contributed by atoms with Crippen LogP contribution in [-0.2, 0) is 11.3 Å². The molecule has 116 valence electrons. The first-order valence-electron chi connectivity index (χ1n) is 7.26. The van der Waals surface area contributed by atoms with Crippen LogP contribution >= 0.6 is 0 Å². The number of nitrogens with one attached hydrogen (secondary N) is 1. The number of carbonyl (C=O) groups is 2. The van der Waals surface area contributed by atoms with Gasteiger partial charge in [-0.15, -0.1) is 0 Å². The van der Waals surface area contributed by atoms with Crippen molar-refractivity contribution in [2.24, 2.45) is 5.73 Å². The van der Waals surface area contributed by atoms with Gasteiger partial charge in [0.05, 0.1) is 0 Å². The molecule has 1 aromatic carbocycles. The molecule has 3 N–H and O–H groups in total. The molecule has 0 aliphatic rings. The Morgan fingerprint density at radius 2 is 1.86 bits per heavy atom. The third kappa shape index (κ3) is 6.40. The molecule has 0 spiro atoms. The van der Waals surface area contributed by atoms with Crippen molar-refractivity contribution < 1.29 is 9.59 Å². The van der Waals surface area contributed by atoms with E-state index in [1.165, 1.54) is 0 Å². The summed E-state index contributed by atoms with van der Waals surface area (Å²) >= 11 is 0. The fourth-order valence-corrected chi connectivity index (χ4v) is 1.96. The zero-order valence-electron chi connectivity index (χ0n) is 13.1. The molecule has 0 saturated carbocycles. The van der Waals surface area contributed by atoms with Gasteiger partial charge < -0.3 is 16.0 Å². The van der Waals surface area contributed by atoms with E-state index < -0.39 is 5.91 Å². The zero-order chi connectivity index (χ0) is 15.8. The number of hydrogen-bond donors (Lipinski definition) is 2. The molecule has 1 rings (SSSR count). The van der Waals surface area contributed by atoms with E-state index in [2.05, 4.69) is 19.2 Å². The maximum absolute atomic E-state index is 12.0. The van der Waals surface area contributed by atoms with Crippen LogP contribution in [0.3, 0.4) is 0 Å². The third-order valence-electron chi connectivity index (χ3n) is 3.20. The molecule has 5 heteroatoms. The molecule has 0 fully saturated rings. The Morgan fingerprint density at radius 1 is 1.24 bits per heavy atom. The summed E-state index contributed by atoms with van der Waals surface area (Å²) in [4.78, 5) is 24.7. The van der Waals surface area contributed by atoms with Crippen LogP contribution in [0.2, 0.25) is 0 Å². The SMILES string of the molecule is CC(C)NCCCC(=O)N(C)Cc1ccc(C(N)=O)cc1. The first kappa shape index (κ1) is 17.2. The van der Waals surface area contributed by atoms with E-state index in [1.807, 2.05) is 12.1 Å². The number of benzene rings is 1. The summed E-state index contributed by atoms with van der Waals surface area (Å²) in [6, 6.07) is 7.46. The van der Waals surface area contributed by atoms with Crippen LogP contribution in [0.5, 0.6) is 0 Å². The number of carbonyl (C=O) groups excluding carboxylic acids is 2. The van der Waals surface area contributed by atoms with Crippen molar-refractivity contribution in [1.82, 2.24) is 10.2 Å². The number of nitrogens with zero attached hydrogens (tertiary/aromatic N) is 1. The topological polar surface area (TPSA) is 75.4 Å². The summed E-state index contributed by atoms with van der Waals surface area (Å²) in [5.41, 5.74) is 6.65. The summed E-state index contributed by atoms with van der Waals surface area (Å²) in [6.45, 7) is 5.56. The first-order valence-corrected chi connectivity index (χ1v) is 7.26. The van der Waals surface area contributed by atoms with E-state index >= 15 is 0 Å². The van der Waals surface area contributed by atoms with Crippen LogP contribution in [-0.4, -0.2) is 36.3 Å². The molecule has 0 atom stereocenters. The Balaban J connectivity index is 2.39. The van der Waals surface area contributed by atoms with Crippen molar-refractivity contribution in [3.8, 4) is 0 Å². The molecule has 0 unspecified atom stereocenters. The standard InChI is InChI=1S/C16H25N3O2/c1-12(2)18-10-4-5-15(20)19(3)11-13-6-8-14(9-7-13)16(17)21/h6-9,12,18H,4-5,10-11H2,1-3H3,(H2,17,21). The molecule has 0 bridgehead atoms. The maximum Gasteiger partial charge on any atom is 0.248 e. The number of primary amides is 1. The third-order valence-corrected chi connectivity index (χ3v) is 3.20. The number of amides is 2. The van der Waals surface area contributed by atoms with Gasteiger partial charge in [0.2, 0.25) is 11.8 Å². The fraction of sp³-hybridized carbons (Fsp3) is 0.500. The molecule has 2 amide bonds. The van der Waals surface area contributed by atoms with E-state index in [0.717, 1.165) is 18.5 Å². The highest BCUT2D eigenvalue weighted by Gasteiger charge is 2.09. The fourth-order valence-electron chi connectivity index (χ4n) is 1.96. The second kappa shape index (κ2) is 8.42. The predicted octanol–water partition coefficient (Wildman–Crippen LogP) is 1.52. The van der Waals surface area contributed by atoms with Gasteiger partial charge in [-0.1, -0.05) is 26.0 Å². The Hall–Kier alpha value is -1.88. The van der Waals surface area contributed by atoms with Crippen molar-refractivity contribution in [2.75, 3.05) is 13.6 Å². The Bertz CT molecular complexity index is 469. The number of nitrogens with two attached hydrogens (primary N) is 1. The number of rotatable bonds is 8. The second-order valence-electron chi connectivity index (χ2n) is 5.52. The molecule has 0 heterocycles. The van der Waals surface area contributed by atoms with E-state index in [9.17, 15) is 9.59 Å². The Labute approximate surface area is 126 Å². The van der Waals surface area contributed by atoms with Crippen LogP contribution < -0.4 is 11.1 Å². The summed E-state index contributed by atoms with van der Waals surface area (Å²) in [7, 11) is 1.79. The van der Waals surface area contributed by atoms with Crippen LogP contribution in [0.1, 0.15) is 42.6 Å². The molecular formula is C16H25N3O2. The zero-order valence-corrected chi connectivity index (χ0v) is 13.1. The van der Waals surface area contributed by atoms with E-state index in [-0.39, 0.29) is 5.91 Å². The lowest BCUT2D eigenvalue weighted by Crippen LogP contribution is -2.28. The molecule has 21 heavy (non-hydrogen) atoms. The van der Waals surface area contributed by atoms with Gasteiger partial charge in [0.15, 0.2) is 0 Å². The van der Waals surface area contributed by atoms with Gasteiger partial charge in [-0.3, -0.25) is 9.59 Å². The monoisotopic (exact) mass is 291 g/mol. The van der Waals surface area contributed by atoms with Crippen molar-refractivity contribution >= 4 is 11.8 Å². The minimum Gasteiger partial charge on any atom is -0.366 e. The number of hydrogen-bond acceptors (Lipinski definition) is 3. The largest absolute Gasteiger partial charge is 0.366 e. The molecule has 0 aromatic heterocycles. The second-order valence-corrected chi connectivity index (χ2v) is 5.52. The van der Waals surface area contributed by atoms with Crippen LogP contribution in [0.4, 0.5) is 0 Å². The first-order chi connectivity index (χ1) is 9.90. The van der Waals surface area contributed by atoms with Gasteiger partial charge >= 0.3 is 0 Å². The minimum atomic E-state index is -0.441. The molecule has 0 aliphatic heterocycles. The average molecular weight is 291 g/mol. The summed E-state index contributed by atoms with van der Waals surface area (Å²) in [5.74, 6) is -0.317. The van der Waals surface area contributed by atoms with Crippen molar-refractivity contribution in [2.45, 2.75) is 39.3 Å².